The minimum absolute atomic E-state index is 0.138. The molecule has 2 N–H and O–H groups in total. The molecule has 2 aromatic heterocycles. The van der Waals surface area contributed by atoms with Crippen molar-refractivity contribution in [2.75, 3.05) is 25.1 Å². The Kier molecular flexibility index (Phi) is 5.22. The topological polar surface area (TPSA) is 105 Å². The van der Waals surface area contributed by atoms with Crippen molar-refractivity contribution in [2.24, 2.45) is 0 Å². The van der Waals surface area contributed by atoms with Gasteiger partial charge in [-0.3, -0.25) is 4.98 Å². The summed E-state index contributed by atoms with van der Waals surface area (Å²) in [7, 11) is -3.19. The van der Waals surface area contributed by atoms with E-state index in [1.165, 1.54) is 16.8 Å². The fraction of sp³-hybridized carbons (Fsp3) is 0.333. The fourth-order valence-electron chi connectivity index (χ4n) is 4.14. The van der Waals surface area contributed by atoms with Crippen molar-refractivity contribution in [3.63, 3.8) is 0 Å². The largest absolute Gasteiger partial charge is 0.396 e. The quantitative estimate of drug-likeness (QED) is 0.664. The van der Waals surface area contributed by atoms with Crippen LogP contribution in [0.3, 0.4) is 0 Å². The predicted molar refractivity (Wildman–Crippen MR) is 119 cm³/mol. The molecule has 3 heterocycles. The summed E-state index contributed by atoms with van der Waals surface area (Å²) in [4.78, 5) is 4.19. The van der Waals surface area contributed by atoms with Crippen molar-refractivity contribution in [2.45, 2.75) is 25.8 Å². The number of anilines is 1. The van der Waals surface area contributed by atoms with Gasteiger partial charge in [-0.05, 0) is 37.5 Å². The summed E-state index contributed by atoms with van der Waals surface area (Å²) in [6.07, 6.45) is 7.87. The second-order valence-electron chi connectivity index (χ2n) is 7.73. The van der Waals surface area contributed by atoms with Crippen LogP contribution in [0, 0.1) is 18.3 Å². The highest BCUT2D eigenvalue weighted by Gasteiger charge is 2.27. The molecule has 1 aliphatic heterocycles. The van der Waals surface area contributed by atoms with Crippen molar-refractivity contribution in [1.82, 2.24) is 13.9 Å². The zero-order valence-electron chi connectivity index (χ0n) is 16.8. The Morgan fingerprint density at radius 1 is 1.23 bits per heavy atom. The zero-order chi connectivity index (χ0) is 21.6. The molecule has 0 radical (unpaired) electrons. The Morgan fingerprint density at radius 2 is 1.93 bits per heavy atom. The number of fused-ring (bicyclic) bond motifs is 1. The average Bonchev–Trinajstić information content (AvgIpc) is 3.07. The maximum Gasteiger partial charge on any atom is 0.211 e. The molecule has 0 saturated carbocycles. The highest BCUT2D eigenvalue weighted by molar-refractivity contribution is 7.88. The average molecular weight is 444 g/mol. The number of nitriles is 1. The normalized spacial score (nSPS) is 16.1. The Balaban J connectivity index is 1.86. The number of nitrogens with two attached hydrogens (primary N) is 1. The number of nitrogen functional groups attached to an aromatic ring is 1. The van der Waals surface area contributed by atoms with Gasteiger partial charge in [0.2, 0.25) is 10.0 Å². The lowest BCUT2D eigenvalue weighted by Crippen LogP contribution is -2.38. The van der Waals surface area contributed by atoms with Crippen LogP contribution in [0.25, 0.3) is 22.0 Å². The molecule has 30 heavy (non-hydrogen) atoms. The van der Waals surface area contributed by atoms with Crippen LogP contribution in [0.1, 0.15) is 30.0 Å². The smallest absolute Gasteiger partial charge is 0.211 e. The number of piperidine rings is 1. The van der Waals surface area contributed by atoms with Gasteiger partial charge in [-0.2, -0.15) is 5.26 Å². The number of rotatable bonds is 3. The van der Waals surface area contributed by atoms with E-state index in [-0.39, 0.29) is 6.04 Å². The lowest BCUT2D eigenvalue weighted by atomic mass is 10.0. The summed E-state index contributed by atoms with van der Waals surface area (Å²) in [5, 5.41) is 10.8. The second kappa shape index (κ2) is 7.58. The van der Waals surface area contributed by atoms with E-state index >= 15 is 0 Å². The van der Waals surface area contributed by atoms with Crippen molar-refractivity contribution >= 4 is 38.2 Å². The van der Waals surface area contributed by atoms with E-state index < -0.39 is 10.0 Å². The van der Waals surface area contributed by atoms with E-state index in [1.54, 1.807) is 6.20 Å². The highest BCUT2D eigenvalue weighted by atomic mass is 35.5. The molecule has 0 spiro atoms. The molecule has 1 saturated heterocycles. The van der Waals surface area contributed by atoms with E-state index in [0.717, 1.165) is 22.0 Å². The molecule has 1 aliphatic rings. The van der Waals surface area contributed by atoms with Gasteiger partial charge in [-0.1, -0.05) is 11.6 Å². The zero-order valence-corrected chi connectivity index (χ0v) is 18.3. The number of nitrogens with zero attached hydrogens (tertiary/aromatic N) is 4. The van der Waals surface area contributed by atoms with Gasteiger partial charge < -0.3 is 10.3 Å². The molecule has 0 bridgehead atoms. The molecule has 0 unspecified atom stereocenters. The van der Waals surface area contributed by atoms with Crippen LogP contribution in [0.5, 0.6) is 0 Å². The van der Waals surface area contributed by atoms with Crippen LogP contribution in [-0.4, -0.2) is 41.6 Å². The Hall–Kier alpha value is -2.60. The van der Waals surface area contributed by atoms with Gasteiger partial charge in [0.25, 0.3) is 0 Å². The molecular formula is C21H22ClN5O2S. The number of halogens is 1. The standard InChI is InChI=1S/C21H22ClN5O2S/c1-13-7-20-16(8-14(13)9-23)18(17-10-25-11-19(24)21(17)22)12-27(20)15-3-5-26(6-4-15)30(2,28)29/h7-8,10-12,15H,3-6,24H2,1-2H3. The van der Waals surface area contributed by atoms with Gasteiger partial charge in [0.1, 0.15) is 0 Å². The third kappa shape index (κ3) is 3.54. The van der Waals surface area contributed by atoms with Gasteiger partial charge in [0.05, 0.1) is 34.8 Å². The third-order valence-electron chi connectivity index (χ3n) is 5.78. The van der Waals surface area contributed by atoms with Crippen LogP contribution in [0.4, 0.5) is 5.69 Å². The third-order valence-corrected chi connectivity index (χ3v) is 7.51. The Labute approximate surface area is 180 Å². The maximum atomic E-state index is 11.9. The van der Waals surface area contributed by atoms with Crippen molar-refractivity contribution in [3.8, 4) is 17.2 Å². The maximum absolute atomic E-state index is 11.9. The van der Waals surface area contributed by atoms with E-state index in [0.29, 0.717) is 47.8 Å². The van der Waals surface area contributed by atoms with Gasteiger partial charge in [0.15, 0.2) is 0 Å². The molecule has 9 heteroatoms. The molecule has 1 fully saturated rings. The number of hydrogen-bond acceptors (Lipinski definition) is 5. The molecule has 0 atom stereocenters. The minimum Gasteiger partial charge on any atom is -0.396 e. The molecule has 156 valence electrons. The van der Waals surface area contributed by atoms with Crippen LogP contribution < -0.4 is 5.73 Å². The second-order valence-corrected chi connectivity index (χ2v) is 10.1. The van der Waals surface area contributed by atoms with Gasteiger partial charge >= 0.3 is 0 Å². The molecule has 0 amide bonds. The summed E-state index contributed by atoms with van der Waals surface area (Å²) < 4.78 is 27.4. The lowest BCUT2D eigenvalue weighted by molar-refractivity contribution is 0.279. The first-order valence-corrected chi connectivity index (χ1v) is 11.8. The SMILES string of the molecule is Cc1cc2c(cc1C#N)c(-c1cncc(N)c1Cl)cn2C1CCN(S(C)(=O)=O)CC1. The van der Waals surface area contributed by atoms with E-state index in [1.807, 2.05) is 25.3 Å². The first kappa shape index (κ1) is 20.7. The van der Waals surface area contributed by atoms with Gasteiger partial charge in [-0.25, -0.2) is 12.7 Å². The van der Waals surface area contributed by atoms with E-state index in [2.05, 4.69) is 15.6 Å². The van der Waals surface area contributed by atoms with Crippen LogP contribution in [0.15, 0.2) is 30.7 Å². The van der Waals surface area contributed by atoms with E-state index in [4.69, 9.17) is 17.3 Å². The monoisotopic (exact) mass is 443 g/mol. The number of pyridine rings is 1. The molecule has 3 aromatic rings. The summed E-state index contributed by atoms with van der Waals surface area (Å²) in [6, 6.07) is 6.27. The fourth-order valence-corrected chi connectivity index (χ4v) is 5.21. The van der Waals surface area contributed by atoms with Crippen LogP contribution in [-0.2, 0) is 10.0 Å². The summed E-state index contributed by atoms with van der Waals surface area (Å²) in [5.41, 5.74) is 10.4. The molecule has 7 nitrogen and oxygen atoms in total. The number of hydrogen-bond donors (Lipinski definition) is 1. The predicted octanol–water partition coefficient (Wildman–Crippen LogP) is 3.72. The molecule has 1 aromatic carbocycles. The number of aryl methyl sites for hydroxylation is 1. The van der Waals surface area contributed by atoms with Crippen molar-refractivity contribution in [3.05, 3.63) is 46.9 Å². The van der Waals surface area contributed by atoms with Crippen molar-refractivity contribution < 1.29 is 8.42 Å². The van der Waals surface area contributed by atoms with Gasteiger partial charge in [0, 0.05) is 53.6 Å². The van der Waals surface area contributed by atoms with Crippen LogP contribution in [0.2, 0.25) is 5.02 Å². The number of sulfonamides is 1. The number of aromatic nitrogens is 2. The summed E-state index contributed by atoms with van der Waals surface area (Å²) >= 11 is 6.48. The minimum atomic E-state index is -3.19. The molecular weight excluding hydrogens is 422 g/mol. The van der Waals surface area contributed by atoms with Crippen LogP contribution >= 0.6 is 11.6 Å². The lowest BCUT2D eigenvalue weighted by Gasteiger charge is -2.31. The highest BCUT2D eigenvalue weighted by Crippen LogP contribution is 2.40. The first-order chi connectivity index (χ1) is 14.2. The van der Waals surface area contributed by atoms with Gasteiger partial charge in [-0.15, -0.1) is 0 Å². The first-order valence-electron chi connectivity index (χ1n) is 9.60. The Bertz CT molecular complexity index is 1280. The molecule has 0 aliphatic carbocycles. The summed E-state index contributed by atoms with van der Waals surface area (Å²) in [6.45, 7) is 2.87. The Morgan fingerprint density at radius 3 is 2.57 bits per heavy atom. The van der Waals surface area contributed by atoms with E-state index in [9.17, 15) is 13.7 Å². The summed E-state index contributed by atoms with van der Waals surface area (Å²) in [5.74, 6) is 0. The number of benzene rings is 1. The van der Waals surface area contributed by atoms with Crippen molar-refractivity contribution in [1.29, 1.82) is 5.26 Å². The molecule has 4 rings (SSSR count).